The van der Waals surface area contributed by atoms with Gasteiger partial charge in [-0.3, -0.25) is 9.36 Å². The highest BCUT2D eigenvalue weighted by molar-refractivity contribution is 7.99. The molecule has 0 fully saturated rings. The molecule has 0 unspecified atom stereocenters. The Morgan fingerprint density at radius 2 is 1.54 bits per heavy atom. The molecule has 7 heteroatoms. The Morgan fingerprint density at radius 1 is 0.846 bits per heavy atom. The number of carbonyl (C=O) groups is 1. The number of para-hydroxylation sites is 2. The van der Waals surface area contributed by atoms with Crippen molar-refractivity contribution in [3.63, 3.8) is 0 Å². The maximum atomic E-state index is 13.1. The fraction of sp³-hybridized carbons (Fsp3) is 0.156. The molecular weight excluding hydrogens is 504 g/mol. The van der Waals surface area contributed by atoms with E-state index in [1.165, 1.54) is 17.3 Å². The van der Waals surface area contributed by atoms with Crippen LogP contribution in [0.3, 0.4) is 0 Å². The highest BCUT2D eigenvalue weighted by Crippen LogP contribution is 2.33. The highest BCUT2D eigenvalue weighted by Gasteiger charge is 2.20. The summed E-state index contributed by atoms with van der Waals surface area (Å²) >= 11 is 1.37. The van der Waals surface area contributed by atoms with Crippen LogP contribution in [0.2, 0.25) is 0 Å². The molecule has 0 spiro atoms. The quantitative estimate of drug-likeness (QED) is 0.199. The Labute approximate surface area is 233 Å². The average molecular weight is 535 g/mol. The Hall–Kier alpha value is -4.36. The molecule has 0 aliphatic carbocycles. The topological polar surface area (TPSA) is 69.0 Å². The molecule has 1 heterocycles. The maximum Gasteiger partial charge on any atom is 0.234 e. The number of hydrogen-bond acceptors (Lipinski definition) is 5. The van der Waals surface area contributed by atoms with E-state index in [1.807, 2.05) is 95.6 Å². The maximum absolute atomic E-state index is 13.1. The summed E-state index contributed by atoms with van der Waals surface area (Å²) < 4.78 is 7.38. The van der Waals surface area contributed by atoms with Gasteiger partial charge in [-0.15, -0.1) is 10.2 Å². The third-order valence-electron chi connectivity index (χ3n) is 6.40. The molecule has 1 amide bonds. The molecule has 0 aliphatic rings. The predicted octanol–water partition coefficient (Wildman–Crippen LogP) is 7.46. The van der Waals surface area contributed by atoms with Crippen LogP contribution >= 0.6 is 11.8 Å². The van der Waals surface area contributed by atoms with Gasteiger partial charge in [0, 0.05) is 16.8 Å². The van der Waals surface area contributed by atoms with Gasteiger partial charge >= 0.3 is 0 Å². The molecule has 0 bridgehead atoms. The first kappa shape index (κ1) is 26.3. The number of hydrogen-bond donors (Lipinski definition) is 1. The van der Waals surface area contributed by atoms with Crippen molar-refractivity contribution in [1.29, 1.82) is 0 Å². The van der Waals surface area contributed by atoms with Crippen molar-refractivity contribution < 1.29 is 9.53 Å². The molecule has 5 aromatic rings. The molecular formula is C32H30N4O2S. The van der Waals surface area contributed by atoms with Gasteiger partial charge in [-0.05, 0) is 53.4 Å². The zero-order chi connectivity index (χ0) is 27.2. The van der Waals surface area contributed by atoms with E-state index in [4.69, 9.17) is 4.74 Å². The van der Waals surface area contributed by atoms with E-state index in [9.17, 15) is 4.79 Å². The van der Waals surface area contributed by atoms with Gasteiger partial charge in [0.25, 0.3) is 0 Å². The molecule has 0 saturated heterocycles. The van der Waals surface area contributed by atoms with Gasteiger partial charge in [0.2, 0.25) is 5.91 Å². The summed E-state index contributed by atoms with van der Waals surface area (Å²) in [6.07, 6.45) is 0. The lowest BCUT2D eigenvalue weighted by molar-refractivity contribution is -0.113. The summed E-state index contributed by atoms with van der Waals surface area (Å²) in [5.41, 5.74) is 5.90. The first-order valence-corrected chi connectivity index (χ1v) is 13.8. The van der Waals surface area contributed by atoms with Crippen molar-refractivity contribution in [1.82, 2.24) is 14.8 Å². The molecule has 0 radical (unpaired) electrons. The molecule has 6 nitrogen and oxygen atoms in total. The van der Waals surface area contributed by atoms with Gasteiger partial charge in [-0.25, -0.2) is 0 Å². The number of benzene rings is 4. The summed E-state index contributed by atoms with van der Waals surface area (Å²) in [6.45, 7) is 4.33. The second kappa shape index (κ2) is 12.0. The number of amides is 1. The number of rotatable bonds is 9. The molecule has 0 atom stereocenters. The number of nitrogens with one attached hydrogen (secondary N) is 1. The molecule has 5 rings (SSSR count). The number of methoxy groups -OCH3 is 1. The summed E-state index contributed by atoms with van der Waals surface area (Å²) in [4.78, 5) is 13.1. The van der Waals surface area contributed by atoms with Gasteiger partial charge in [0.1, 0.15) is 5.75 Å². The number of anilines is 1. The van der Waals surface area contributed by atoms with Crippen LogP contribution in [-0.2, 0) is 4.79 Å². The van der Waals surface area contributed by atoms with E-state index in [-0.39, 0.29) is 11.7 Å². The fourth-order valence-corrected chi connectivity index (χ4v) is 5.21. The first-order valence-electron chi connectivity index (χ1n) is 12.8. The molecule has 0 saturated carbocycles. The Kier molecular flexibility index (Phi) is 8.08. The normalized spacial score (nSPS) is 11.0. The van der Waals surface area contributed by atoms with Crippen LogP contribution in [0.5, 0.6) is 5.75 Å². The Morgan fingerprint density at radius 3 is 2.28 bits per heavy atom. The van der Waals surface area contributed by atoms with E-state index < -0.39 is 0 Å². The van der Waals surface area contributed by atoms with Crippen molar-refractivity contribution in [3.05, 3.63) is 109 Å². The molecule has 0 aliphatic heterocycles. The van der Waals surface area contributed by atoms with Gasteiger partial charge < -0.3 is 10.1 Å². The zero-order valence-corrected chi connectivity index (χ0v) is 23.0. The van der Waals surface area contributed by atoms with Crippen molar-refractivity contribution in [2.45, 2.75) is 24.9 Å². The Bertz CT molecular complexity index is 1560. The summed E-state index contributed by atoms with van der Waals surface area (Å²) in [5, 5.41) is 12.8. The molecule has 196 valence electrons. The minimum atomic E-state index is -0.110. The minimum absolute atomic E-state index is 0.110. The predicted molar refractivity (Wildman–Crippen MR) is 159 cm³/mol. The largest absolute Gasteiger partial charge is 0.497 e. The molecule has 1 N–H and O–H groups in total. The lowest BCUT2D eigenvalue weighted by Crippen LogP contribution is -2.15. The zero-order valence-electron chi connectivity index (χ0n) is 22.2. The Balaban J connectivity index is 1.44. The number of nitrogens with zero attached hydrogens (tertiary/aromatic N) is 3. The van der Waals surface area contributed by atoms with Crippen LogP contribution in [0.25, 0.3) is 28.2 Å². The fourth-order valence-electron chi connectivity index (χ4n) is 4.46. The molecule has 4 aromatic carbocycles. The average Bonchev–Trinajstić information content (AvgIpc) is 3.40. The van der Waals surface area contributed by atoms with Crippen molar-refractivity contribution in [3.8, 4) is 34.0 Å². The number of aromatic nitrogens is 3. The van der Waals surface area contributed by atoms with Gasteiger partial charge in [0.05, 0.1) is 18.6 Å². The third-order valence-corrected chi connectivity index (χ3v) is 7.33. The minimum Gasteiger partial charge on any atom is -0.497 e. The third kappa shape index (κ3) is 5.89. The van der Waals surface area contributed by atoms with Gasteiger partial charge in [0.15, 0.2) is 11.0 Å². The van der Waals surface area contributed by atoms with Crippen molar-refractivity contribution in [2.75, 3.05) is 18.2 Å². The lowest BCUT2D eigenvalue weighted by Gasteiger charge is -2.17. The smallest absolute Gasteiger partial charge is 0.234 e. The van der Waals surface area contributed by atoms with E-state index >= 15 is 0 Å². The van der Waals surface area contributed by atoms with Crippen LogP contribution in [0.4, 0.5) is 5.69 Å². The van der Waals surface area contributed by atoms with E-state index in [1.54, 1.807) is 7.11 Å². The van der Waals surface area contributed by atoms with Crippen LogP contribution in [-0.4, -0.2) is 33.5 Å². The monoisotopic (exact) mass is 534 g/mol. The summed E-state index contributed by atoms with van der Waals surface area (Å²) in [5.74, 6) is 1.86. The van der Waals surface area contributed by atoms with E-state index in [0.29, 0.717) is 16.9 Å². The SMILES string of the molecule is COc1ccc(-c2nnc(SCC(=O)Nc3ccccc3-c3ccccc3)n2-c2ccccc2C(C)C)cc1. The van der Waals surface area contributed by atoms with E-state index in [0.717, 1.165) is 33.8 Å². The molecule has 1 aromatic heterocycles. The van der Waals surface area contributed by atoms with Crippen molar-refractivity contribution >= 4 is 23.4 Å². The van der Waals surface area contributed by atoms with Gasteiger partial charge in [-0.1, -0.05) is 92.3 Å². The number of ether oxygens (including phenoxy) is 1. The number of carbonyl (C=O) groups excluding carboxylic acids is 1. The lowest BCUT2D eigenvalue weighted by atomic mass is 10.0. The highest BCUT2D eigenvalue weighted by atomic mass is 32.2. The first-order chi connectivity index (χ1) is 19.0. The summed E-state index contributed by atoms with van der Waals surface area (Å²) in [7, 11) is 1.65. The standard InChI is InChI=1S/C32H30N4O2S/c1-22(2)26-13-8-10-16-29(26)36-31(24-17-19-25(38-3)20-18-24)34-35-32(36)39-21-30(37)33-28-15-9-7-14-27(28)23-11-5-4-6-12-23/h4-20,22H,21H2,1-3H3,(H,33,37). The van der Waals surface area contributed by atoms with E-state index in [2.05, 4.69) is 41.5 Å². The van der Waals surface area contributed by atoms with Crippen LogP contribution in [0.1, 0.15) is 25.3 Å². The second-order valence-corrected chi connectivity index (χ2v) is 10.3. The summed E-state index contributed by atoms with van der Waals surface area (Å²) in [6, 6.07) is 33.9. The van der Waals surface area contributed by atoms with Crippen LogP contribution in [0.15, 0.2) is 108 Å². The van der Waals surface area contributed by atoms with Crippen LogP contribution in [0, 0.1) is 0 Å². The van der Waals surface area contributed by atoms with Gasteiger partial charge in [-0.2, -0.15) is 0 Å². The van der Waals surface area contributed by atoms with Crippen molar-refractivity contribution in [2.24, 2.45) is 0 Å². The van der Waals surface area contributed by atoms with Crippen LogP contribution < -0.4 is 10.1 Å². The molecule has 39 heavy (non-hydrogen) atoms. The second-order valence-electron chi connectivity index (χ2n) is 9.33. The number of thioether (sulfide) groups is 1.